The van der Waals surface area contributed by atoms with Crippen LogP contribution < -0.4 is 0 Å². The summed E-state index contributed by atoms with van der Waals surface area (Å²) < 4.78 is 0. The number of halogens is 1. The van der Waals surface area contributed by atoms with Crippen LogP contribution in [-0.4, -0.2) is 45.7 Å². The molecule has 1 saturated heterocycles. The standard InChI is InChI=1S/C32H44ClN3O/c1-7-31(5,6)35-19-17-32(18-20-35)34-29(26-15-14-24(4)21-27(33)22-26)30(37)36(32)28(16-13-23(2)3)25-11-9-8-10-12-25/h8-12,15,21-23,28H,7,13-14,16-20H2,1-6H3. The van der Waals surface area contributed by atoms with Gasteiger partial charge in [0, 0.05) is 42.1 Å². The van der Waals surface area contributed by atoms with Crippen LogP contribution in [0.15, 0.2) is 69.7 Å². The summed E-state index contributed by atoms with van der Waals surface area (Å²) in [7, 11) is 0. The van der Waals surface area contributed by atoms with Crippen molar-refractivity contribution in [3.8, 4) is 0 Å². The van der Waals surface area contributed by atoms with Gasteiger partial charge in [0.05, 0.1) is 6.04 Å². The van der Waals surface area contributed by atoms with E-state index in [2.05, 4.69) is 87.8 Å². The maximum Gasteiger partial charge on any atom is 0.275 e. The largest absolute Gasteiger partial charge is 0.305 e. The van der Waals surface area contributed by atoms with Gasteiger partial charge in [0.25, 0.3) is 5.91 Å². The van der Waals surface area contributed by atoms with Gasteiger partial charge >= 0.3 is 0 Å². The summed E-state index contributed by atoms with van der Waals surface area (Å²) in [6, 6.07) is 10.6. The van der Waals surface area contributed by atoms with Crippen molar-refractivity contribution in [1.82, 2.24) is 9.80 Å². The summed E-state index contributed by atoms with van der Waals surface area (Å²) in [4.78, 5) is 24.5. The first kappa shape index (κ1) is 27.9. The third-order valence-corrected chi connectivity index (χ3v) is 8.80. The molecule has 0 bridgehead atoms. The second-order valence-electron chi connectivity index (χ2n) is 12.1. The Labute approximate surface area is 229 Å². The van der Waals surface area contributed by atoms with Gasteiger partial charge in [-0.05, 0) is 70.1 Å². The number of rotatable bonds is 8. The molecule has 2 aliphatic heterocycles. The maximum absolute atomic E-state index is 14.4. The molecule has 4 rings (SSSR count). The highest BCUT2D eigenvalue weighted by atomic mass is 35.5. The van der Waals surface area contributed by atoms with Crippen LogP contribution in [-0.2, 0) is 4.79 Å². The van der Waals surface area contributed by atoms with Gasteiger partial charge in [-0.2, -0.15) is 0 Å². The smallest absolute Gasteiger partial charge is 0.275 e. The molecule has 3 aliphatic rings. The van der Waals surface area contributed by atoms with Crippen molar-refractivity contribution in [2.75, 3.05) is 13.1 Å². The van der Waals surface area contributed by atoms with E-state index in [0.717, 1.165) is 57.2 Å². The van der Waals surface area contributed by atoms with E-state index in [0.29, 0.717) is 16.7 Å². The van der Waals surface area contributed by atoms with Gasteiger partial charge in [0.2, 0.25) is 0 Å². The number of hydrogen-bond acceptors (Lipinski definition) is 3. The first-order valence-corrected chi connectivity index (χ1v) is 14.4. The normalized spacial score (nSPS) is 21.5. The van der Waals surface area contributed by atoms with Gasteiger partial charge in [-0.25, -0.2) is 0 Å². The Kier molecular flexibility index (Phi) is 8.50. The predicted octanol–water partition coefficient (Wildman–Crippen LogP) is 7.83. The first-order valence-electron chi connectivity index (χ1n) is 14.0. The Balaban J connectivity index is 1.77. The molecule has 200 valence electrons. The molecule has 1 amide bonds. The van der Waals surface area contributed by atoms with E-state index in [1.165, 1.54) is 11.1 Å². The van der Waals surface area contributed by atoms with Crippen LogP contribution in [0.5, 0.6) is 0 Å². The third kappa shape index (κ3) is 5.96. The number of nitrogens with zero attached hydrogens (tertiary/aromatic N) is 3. The van der Waals surface area contributed by atoms with Gasteiger partial charge in [-0.1, -0.05) is 74.4 Å². The summed E-state index contributed by atoms with van der Waals surface area (Å²) in [5.41, 5.74) is 3.43. The lowest BCUT2D eigenvalue weighted by Gasteiger charge is -2.49. The Morgan fingerprint density at radius 3 is 2.38 bits per heavy atom. The van der Waals surface area contributed by atoms with E-state index in [1.807, 2.05) is 12.2 Å². The van der Waals surface area contributed by atoms with E-state index < -0.39 is 5.66 Å². The molecule has 1 fully saturated rings. The van der Waals surface area contributed by atoms with Crippen LogP contribution in [0, 0.1) is 5.92 Å². The molecule has 37 heavy (non-hydrogen) atoms. The highest BCUT2D eigenvalue weighted by Crippen LogP contribution is 2.45. The third-order valence-electron chi connectivity index (χ3n) is 8.58. The minimum Gasteiger partial charge on any atom is -0.305 e. The van der Waals surface area contributed by atoms with Gasteiger partial charge in [-0.3, -0.25) is 14.7 Å². The number of hydrogen-bond donors (Lipinski definition) is 0. The van der Waals surface area contributed by atoms with Gasteiger partial charge in [0.15, 0.2) is 0 Å². The molecule has 2 heterocycles. The van der Waals surface area contributed by atoms with Crippen molar-refractivity contribution in [2.45, 2.75) is 97.3 Å². The minimum absolute atomic E-state index is 0.00576. The number of benzene rings is 1. The second-order valence-corrected chi connectivity index (χ2v) is 12.5. The molecule has 1 unspecified atom stereocenters. The average molecular weight is 522 g/mol. The van der Waals surface area contributed by atoms with E-state index >= 15 is 0 Å². The van der Waals surface area contributed by atoms with Crippen LogP contribution in [0.25, 0.3) is 0 Å². The first-order chi connectivity index (χ1) is 17.6. The van der Waals surface area contributed by atoms with Crippen molar-refractivity contribution in [3.05, 3.63) is 70.3 Å². The molecule has 1 aromatic rings. The van der Waals surface area contributed by atoms with E-state index in [9.17, 15) is 4.79 Å². The zero-order valence-corrected chi connectivity index (χ0v) is 24.3. The van der Waals surface area contributed by atoms with Gasteiger partial charge < -0.3 is 4.90 Å². The monoisotopic (exact) mass is 521 g/mol. The molecule has 0 N–H and O–H groups in total. The zero-order valence-electron chi connectivity index (χ0n) is 23.6. The van der Waals surface area contributed by atoms with Crippen molar-refractivity contribution in [3.63, 3.8) is 0 Å². The van der Waals surface area contributed by atoms with Crippen molar-refractivity contribution in [1.29, 1.82) is 0 Å². The fraction of sp³-hybridized carbons (Fsp3) is 0.562. The molecule has 1 atom stereocenters. The Hall–Kier alpha value is -2.17. The fourth-order valence-corrected chi connectivity index (χ4v) is 6.17. The van der Waals surface area contributed by atoms with Gasteiger partial charge in [-0.15, -0.1) is 0 Å². The number of carbonyl (C=O) groups is 1. The Morgan fingerprint density at radius 1 is 1.08 bits per heavy atom. The number of amides is 1. The van der Waals surface area contributed by atoms with Gasteiger partial charge in [0.1, 0.15) is 11.4 Å². The Morgan fingerprint density at radius 2 is 1.76 bits per heavy atom. The molecule has 0 radical (unpaired) electrons. The van der Waals surface area contributed by atoms with Crippen LogP contribution in [0.2, 0.25) is 0 Å². The Bertz CT molecular complexity index is 1100. The number of carbonyl (C=O) groups excluding carboxylic acids is 1. The molecule has 0 aromatic heterocycles. The number of likely N-dealkylation sites (tertiary alicyclic amines) is 1. The highest BCUT2D eigenvalue weighted by Gasteiger charge is 2.52. The lowest BCUT2D eigenvalue weighted by molar-refractivity contribution is -0.134. The summed E-state index contributed by atoms with van der Waals surface area (Å²) >= 11 is 6.54. The van der Waals surface area contributed by atoms with E-state index in [-0.39, 0.29) is 17.5 Å². The maximum atomic E-state index is 14.4. The number of aliphatic imine (C=N–C) groups is 1. The van der Waals surface area contributed by atoms with Crippen LogP contribution in [0.1, 0.15) is 91.7 Å². The molecular formula is C32H44ClN3O. The SMILES string of the molecule is CCC(C)(C)N1CCC2(CC1)N=C(C1=CCC(C)=CC(Cl)=C1)C(=O)N2C(CCC(C)C)c1ccccc1. The molecule has 1 aliphatic carbocycles. The molecule has 0 saturated carbocycles. The topological polar surface area (TPSA) is 35.9 Å². The molecular weight excluding hydrogens is 478 g/mol. The summed E-state index contributed by atoms with van der Waals surface area (Å²) in [5.74, 6) is 0.611. The predicted molar refractivity (Wildman–Crippen MR) is 156 cm³/mol. The van der Waals surface area contributed by atoms with Crippen LogP contribution in [0.3, 0.4) is 0 Å². The van der Waals surface area contributed by atoms with Crippen LogP contribution in [0.4, 0.5) is 0 Å². The van der Waals surface area contributed by atoms with Crippen molar-refractivity contribution >= 4 is 23.2 Å². The van der Waals surface area contributed by atoms with E-state index in [4.69, 9.17) is 16.6 Å². The minimum atomic E-state index is -0.528. The summed E-state index contributed by atoms with van der Waals surface area (Å²) in [6.07, 6.45) is 11.6. The molecule has 5 heteroatoms. The quantitative estimate of drug-likeness (QED) is 0.349. The lowest BCUT2D eigenvalue weighted by atomic mass is 9.87. The second kappa shape index (κ2) is 11.3. The fourth-order valence-electron chi connectivity index (χ4n) is 5.87. The summed E-state index contributed by atoms with van der Waals surface area (Å²) in [6.45, 7) is 15.4. The summed E-state index contributed by atoms with van der Waals surface area (Å²) in [5, 5.41) is 0.656. The number of allylic oxidation sites excluding steroid dienone is 5. The van der Waals surface area contributed by atoms with Crippen molar-refractivity contribution in [2.24, 2.45) is 10.9 Å². The molecule has 1 aromatic carbocycles. The lowest BCUT2D eigenvalue weighted by Crippen LogP contribution is -2.58. The van der Waals surface area contributed by atoms with Crippen LogP contribution >= 0.6 is 11.6 Å². The average Bonchev–Trinajstić information content (AvgIpc) is 3.01. The molecule has 4 nitrogen and oxygen atoms in total. The number of piperidine rings is 1. The highest BCUT2D eigenvalue weighted by molar-refractivity contribution is 6.48. The van der Waals surface area contributed by atoms with E-state index in [1.54, 1.807) is 0 Å². The van der Waals surface area contributed by atoms with Crippen molar-refractivity contribution < 1.29 is 4.79 Å². The zero-order chi connectivity index (χ0) is 26.8. The molecule has 1 spiro atoms.